The van der Waals surface area contributed by atoms with Gasteiger partial charge in [-0.1, -0.05) is 133 Å². The summed E-state index contributed by atoms with van der Waals surface area (Å²) in [5, 5.41) is 7.64. The lowest BCUT2D eigenvalue weighted by molar-refractivity contribution is 1.18. The number of nitrogens with zero attached hydrogens (tertiary/aromatic N) is 2. The van der Waals surface area contributed by atoms with E-state index in [-0.39, 0.29) is 0 Å². The fourth-order valence-electron chi connectivity index (χ4n) is 9.05. The van der Waals surface area contributed by atoms with Gasteiger partial charge in [-0.3, -0.25) is 0 Å². The average Bonchev–Trinajstić information content (AvgIpc) is 3.59. The first kappa shape index (κ1) is 30.5. The Bertz CT molecular complexity index is 3400. The van der Waals surface area contributed by atoms with Gasteiger partial charge in [0.05, 0.1) is 37.2 Å². The normalized spacial score (nSPS) is 12.0. The number of benzene rings is 9. The molecule has 0 N–H and O–H groups in total. The van der Waals surface area contributed by atoms with E-state index in [1.807, 2.05) is 11.3 Å². The third-order valence-electron chi connectivity index (χ3n) is 11.5. The van der Waals surface area contributed by atoms with Crippen molar-refractivity contribution >= 4 is 75.1 Å². The third-order valence-corrected chi connectivity index (χ3v) is 12.6. The Hall–Kier alpha value is -6.94. The van der Waals surface area contributed by atoms with Gasteiger partial charge in [0.1, 0.15) is 0 Å². The number of hydrogen-bond donors (Lipinski definition) is 0. The molecule has 3 heterocycles. The predicted molar refractivity (Wildman–Crippen MR) is 236 cm³/mol. The molecule has 0 fully saturated rings. The molecule has 12 rings (SSSR count). The van der Waals surface area contributed by atoms with Gasteiger partial charge in [0.25, 0.3) is 0 Å². The Balaban J connectivity index is 1.17. The first-order valence-electron chi connectivity index (χ1n) is 18.8. The molecule has 0 aliphatic carbocycles. The number of hydrogen-bond acceptors (Lipinski definition) is 1. The van der Waals surface area contributed by atoms with Crippen molar-refractivity contribution in [3.8, 4) is 44.8 Å². The first-order chi connectivity index (χ1) is 27.3. The van der Waals surface area contributed by atoms with Crippen molar-refractivity contribution in [2.75, 3.05) is 0 Å². The molecular weight excluding hydrogens is 685 g/mol. The summed E-state index contributed by atoms with van der Waals surface area (Å²) in [6, 6.07) is 71.4. The number of pyridine rings is 1. The van der Waals surface area contributed by atoms with Crippen molar-refractivity contribution in [1.29, 1.82) is 0 Å². The van der Waals surface area contributed by atoms with E-state index < -0.39 is 0 Å². The molecule has 2 aliphatic heterocycles. The highest BCUT2D eigenvalue weighted by Gasteiger charge is 2.23. The Labute approximate surface area is 321 Å². The van der Waals surface area contributed by atoms with Gasteiger partial charge in [-0.15, -0.1) is 11.3 Å². The molecule has 2 nitrogen and oxygen atoms in total. The SMILES string of the molecule is c1ccc(-c2ccc3c(c2)sc2cc(-c4ccccc4)cc4c2-n3c2ccc(-c3ccc5c(c3)c3ccccc3n5-c3ccccc3)c3cccc4c32)cc1. The van der Waals surface area contributed by atoms with Gasteiger partial charge in [0, 0.05) is 27.2 Å². The van der Waals surface area contributed by atoms with E-state index in [2.05, 4.69) is 203 Å². The van der Waals surface area contributed by atoms with Gasteiger partial charge in [-0.2, -0.15) is 0 Å². The van der Waals surface area contributed by atoms with Gasteiger partial charge in [0.15, 0.2) is 0 Å². The summed E-state index contributed by atoms with van der Waals surface area (Å²) in [5.41, 5.74) is 14.7. The highest BCUT2D eigenvalue weighted by atomic mass is 32.1. The van der Waals surface area contributed by atoms with Crippen LogP contribution < -0.4 is 0 Å². The summed E-state index contributed by atoms with van der Waals surface area (Å²) in [6.45, 7) is 0. The molecular formula is C52H32N2S. The molecule has 0 saturated heterocycles. The van der Waals surface area contributed by atoms with Crippen molar-refractivity contribution in [2.24, 2.45) is 0 Å². The van der Waals surface area contributed by atoms with Crippen LogP contribution in [0.25, 0.3) is 109 Å². The lowest BCUT2D eigenvalue weighted by Crippen LogP contribution is -2.05. The van der Waals surface area contributed by atoms with E-state index in [9.17, 15) is 0 Å². The molecule has 0 radical (unpaired) electrons. The van der Waals surface area contributed by atoms with Gasteiger partial charge >= 0.3 is 0 Å². The van der Waals surface area contributed by atoms with Crippen LogP contribution in [0.1, 0.15) is 0 Å². The monoisotopic (exact) mass is 716 g/mol. The van der Waals surface area contributed by atoms with Crippen LogP contribution in [0.15, 0.2) is 194 Å². The Morgan fingerprint density at radius 1 is 0.309 bits per heavy atom. The Morgan fingerprint density at radius 2 is 0.909 bits per heavy atom. The lowest BCUT2D eigenvalue weighted by Gasteiger charge is -2.25. The zero-order valence-corrected chi connectivity index (χ0v) is 30.6. The minimum absolute atomic E-state index is 1.17. The third kappa shape index (κ3) is 4.54. The summed E-state index contributed by atoms with van der Waals surface area (Å²) < 4.78 is 7.47. The van der Waals surface area contributed by atoms with Crippen LogP contribution in [0.2, 0.25) is 0 Å². The van der Waals surface area contributed by atoms with Crippen molar-refractivity contribution in [2.45, 2.75) is 0 Å². The molecule has 10 aromatic rings. The number of para-hydroxylation sites is 2. The van der Waals surface area contributed by atoms with Gasteiger partial charge in [0.2, 0.25) is 0 Å². The largest absolute Gasteiger partial charge is 0.309 e. The fourth-order valence-corrected chi connectivity index (χ4v) is 10.2. The summed E-state index contributed by atoms with van der Waals surface area (Å²) in [5.74, 6) is 0. The van der Waals surface area contributed by atoms with E-state index in [4.69, 9.17) is 0 Å². The maximum Gasteiger partial charge on any atom is 0.0713 e. The highest BCUT2D eigenvalue weighted by Crippen LogP contribution is 2.47. The van der Waals surface area contributed by atoms with Crippen LogP contribution in [0, 0.1) is 0 Å². The van der Waals surface area contributed by atoms with E-state index in [0.29, 0.717) is 0 Å². The molecule has 1 aromatic heterocycles. The summed E-state index contributed by atoms with van der Waals surface area (Å²) in [6.07, 6.45) is 0. The predicted octanol–water partition coefficient (Wildman–Crippen LogP) is 14.7. The molecule has 0 unspecified atom stereocenters. The molecule has 0 amide bonds. The van der Waals surface area contributed by atoms with Crippen LogP contribution >= 0.6 is 11.3 Å². The van der Waals surface area contributed by atoms with Crippen molar-refractivity contribution in [3.05, 3.63) is 194 Å². The van der Waals surface area contributed by atoms with Crippen molar-refractivity contribution in [3.63, 3.8) is 0 Å². The quantitative estimate of drug-likeness (QED) is 0.127. The Morgan fingerprint density at radius 3 is 1.73 bits per heavy atom. The molecule has 0 atom stereocenters. The molecule has 0 spiro atoms. The standard InChI is InChI=1S/C52H32N2S/c1-4-13-33(14-5-1)35-23-27-47-49(31-35)55-50-32-37(34-15-6-2-7-16-34)30-44-42-21-12-20-41-39(25-28-48(51(41)42)54(47)52(44)50)36-24-26-46-43(29-36)40-19-10-11-22-45(40)53(46)38-17-8-3-9-18-38/h1-32H. The second-order valence-electron chi connectivity index (χ2n) is 14.5. The van der Waals surface area contributed by atoms with Crippen LogP contribution in [0.4, 0.5) is 0 Å². The van der Waals surface area contributed by atoms with Crippen molar-refractivity contribution < 1.29 is 0 Å². The summed E-state index contributed by atoms with van der Waals surface area (Å²) >= 11 is 1.89. The number of aromatic nitrogens is 2. The van der Waals surface area contributed by atoms with E-state index in [0.717, 1.165) is 0 Å². The van der Waals surface area contributed by atoms with Gasteiger partial charge < -0.3 is 9.13 Å². The molecule has 0 saturated carbocycles. The molecule has 9 aromatic carbocycles. The van der Waals surface area contributed by atoms with Crippen LogP contribution in [-0.4, -0.2) is 9.13 Å². The second kappa shape index (κ2) is 11.8. The van der Waals surface area contributed by atoms with Crippen molar-refractivity contribution in [1.82, 2.24) is 9.13 Å². The fraction of sp³-hybridized carbons (Fsp3) is 0. The zero-order chi connectivity index (χ0) is 36.0. The highest BCUT2D eigenvalue weighted by molar-refractivity contribution is 7.24. The van der Waals surface area contributed by atoms with Crippen LogP contribution in [-0.2, 0) is 0 Å². The van der Waals surface area contributed by atoms with Gasteiger partial charge in [-0.25, -0.2) is 0 Å². The summed E-state index contributed by atoms with van der Waals surface area (Å²) in [7, 11) is 0. The van der Waals surface area contributed by atoms with Gasteiger partial charge in [-0.05, 0) is 105 Å². The molecule has 256 valence electrons. The van der Waals surface area contributed by atoms with E-state index >= 15 is 0 Å². The first-order valence-corrected chi connectivity index (χ1v) is 19.7. The molecule has 0 bridgehead atoms. The van der Waals surface area contributed by atoms with Crippen LogP contribution in [0.3, 0.4) is 0 Å². The maximum absolute atomic E-state index is 2.54. The molecule has 55 heavy (non-hydrogen) atoms. The number of fused-ring (bicyclic) bond motifs is 7. The second-order valence-corrected chi connectivity index (χ2v) is 15.6. The minimum Gasteiger partial charge on any atom is -0.309 e. The topological polar surface area (TPSA) is 9.86 Å². The van der Waals surface area contributed by atoms with Crippen LogP contribution in [0.5, 0.6) is 0 Å². The van der Waals surface area contributed by atoms with E-state index in [1.54, 1.807) is 0 Å². The Kier molecular flexibility index (Phi) is 6.54. The molecule has 2 aliphatic rings. The zero-order valence-electron chi connectivity index (χ0n) is 29.8. The number of rotatable bonds is 4. The maximum atomic E-state index is 2.54. The smallest absolute Gasteiger partial charge is 0.0713 e. The molecule has 3 heteroatoms. The summed E-state index contributed by atoms with van der Waals surface area (Å²) in [4.78, 5) is 0. The van der Waals surface area contributed by atoms with E-state index in [1.165, 1.54) is 109 Å². The minimum atomic E-state index is 1.17. The lowest BCUT2D eigenvalue weighted by atomic mass is 9.91. The average molecular weight is 717 g/mol.